The van der Waals surface area contributed by atoms with Gasteiger partial charge in [0.25, 0.3) is 11.8 Å². The van der Waals surface area contributed by atoms with Gasteiger partial charge in [0, 0.05) is 12.4 Å². The van der Waals surface area contributed by atoms with Crippen LogP contribution in [0.3, 0.4) is 0 Å². The Morgan fingerprint density at radius 2 is 1.57 bits per heavy atom. The maximum atomic E-state index is 13.7. The molecule has 0 atom stereocenters. The van der Waals surface area contributed by atoms with Crippen molar-refractivity contribution in [2.24, 2.45) is 0 Å². The number of aromatic nitrogens is 2. The third-order valence-electron chi connectivity index (χ3n) is 5.68. The van der Waals surface area contributed by atoms with Crippen LogP contribution in [0.15, 0.2) is 85.2 Å². The zero-order chi connectivity index (χ0) is 26.4. The molecule has 37 heavy (non-hydrogen) atoms. The average molecular weight is 527 g/mol. The van der Waals surface area contributed by atoms with Gasteiger partial charge in [0.15, 0.2) is 0 Å². The quantitative estimate of drug-likeness (QED) is 0.212. The van der Waals surface area contributed by atoms with Crippen molar-refractivity contribution < 1.29 is 35.4 Å². The topological polar surface area (TPSA) is 98.6 Å². The summed E-state index contributed by atoms with van der Waals surface area (Å²) in [5, 5.41) is 0.735. The zero-order valence-corrected chi connectivity index (χ0v) is 19.5. The number of amides is 2. The van der Waals surface area contributed by atoms with Gasteiger partial charge in [-0.2, -0.15) is 21.6 Å². The van der Waals surface area contributed by atoms with E-state index in [4.69, 9.17) is 0 Å². The molecule has 3 heterocycles. The molecular weight excluding hydrogens is 511 g/mol. The normalized spacial score (nSPS) is 14.6. The van der Waals surface area contributed by atoms with Crippen molar-refractivity contribution in [1.82, 2.24) is 14.5 Å². The summed E-state index contributed by atoms with van der Waals surface area (Å²) >= 11 is 0. The Morgan fingerprint density at radius 1 is 0.865 bits per heavy atom. The van der Waals surface area contributed by atoms with E-state index in [1.165, 1.54) is 16.7 Å². The minimum absolute atomic E-state index is 0.123. The lowest BCUT2D eigenvalue weighted by atomic mass is 10.1. The number of rotatable bonds is 6. The average Bonchev–Trinajstić information content (AvgIpc) is 3.38. The summed E-state index contributed by atoms with van der Waals surface area (Å²) in [4.78, 5) is 31.9. The zero-order valence-electron chi connectivity index (χ0n) is 18.7. The Hall–Kier alpha value is -4.45. The van der Waals surface area contributed by atoms with Crippen LogP contribution in [0, 0.1) is 0 Å². The Balaban J connectivity index is 1.71. The molecule has 188 valence electrons. The molecule has 0 fully saturated rings. The molecule has 0 radical (unpaired) electrons. The van der Waals surface area contributed by atoms with Crippen LogP contribution in [0.1, 0.15) is 11.1 Å². The number of halogens is 3. The number of nitrogens with zero attached hydrogens (tertiary/aromatic N) is 3. The molecule has 0 unspecified atom stereocenters. The predicted octanol–water partition coefficient (Wildman–Crippen LogP) is 4.20. The van der Waals surface area contributed by atoms with Gasteiger partial charge in [-0.1, -0.05) is 48.5 Å². The highest BCUT2D eigenvalue weighted by Crippen LogP contribution is 2.39. The molecule has 4 aromatic rings. The summed E-state index contributed by atoms with van der Waals surface area (Å²) < 4.78 is 68.4. The molecule has 0 saturated heterocycles. The first-order chi connectivity index (χ1) is 17.6. The molecule has 2 aromatic heterocycles. The van der Waals surface area contributed by atoms with Crippen LogP contribution in [0.25, 0.3) is 22.2 Å². The van der Waals surface area contributed by atoms with Crippen molar-refractivity contribution in [2.75, 3.05) is 0 Å². The maximum absolute atomic E-state index is 13.7. The van der Waals surface area contributed by atoms with Gasteiger partial charge in [0.1, 0.15) is 5.70 Å². The van der Waals surface area contributed by atoms with E-state index in [1.54, 1.807) is 66.9 Å². The molecule has 0 bridgehead atoms. The monoisotopic (exact) mass is 527 g/mol. The molecule has 2 aromatic carbocycles. The second-order valence-corrected chi connectivity index (χ2v) is 9.53. The second-order valence-electron chi connectivity index (χ2n) is 7.99. The lowest BCUT2D eigenvalue weighted by molar-refractivity contribution is -0.136. The number of pyridine rings is 1. The lowest BCUT2D eigenvalue weighted by Crippen LogP contribution is -2.31. The Morgan fingerprint density at radius 3 is 2.30 bits per heavy atom. The number of imide groups is 1. The molecule has 1 aliphatic heterocycles. The van der Waals surface area contributed by atoms with Crippen molar-refractivity contribution in [3.05, 3.63) is 96.3 Å². The van der Waals surface area contributed by atoms with Crippen LogP contribution in [0.4, 0.5) is 13.2 Å². The Bertz CT molecular complexity index is 1680. The number of para-hydroxylation sites is 1. The van der Waals surface area contributed by atoms with Gasteiger partial charge in [-0.05, 0) is 35.2 Å². The number of hydrogen-bond donors (Lipinski definition) is 0. The van der Waals surface area contributed by atoms with Crippen LogP contribution in [0.5, 0.6) is 5.88 Å². The molecule has 0 saturated carbocycles. The largest absolute Gasteiger partial charge is 0.534 e. The van der Waals surface area contributed by atoms with E-state index >= 15 is 0 Å². The number of alkyl halides is 3. The highest BCUT2D eigenvalue weighted by atomic mass is 32.2. The van der Waals surface area contributed by atoms with E-state index in [1.807, 2.05) is 0 Å². The number of carbonyl (C=O) groups excluding carboxylic acids is 2. The van der Waals surface area contributed by atoms with Crippen LogP contribution in [-0.2, 0) is 26.3 Å². The number of carbonyl (C=O) groups is 2. The first-order valence-corrected chi connectivity index (χ1v) is 12.2. The van der Waals surface area contributed by atoms with E-state index in [-0.39, 0.29) is 23.4 Å². The van der Waals surface area contributed by atoms with Gasteiger partial charge < -0.3 is 8.75 Å². The molecular formula is C25H16F3N3O5S. The van der Waals surface area contributed by atoms with Crippen LogP contribution < -0.4 is 4.18 Å². The summed E-state index contributed by atoms with van der Waals surface area (Å²) in [5.74, 6) is -2.55. The fraction of sp³-hybridized carbons (Fsp3) is 0.0800. The summed E-state index contributed by atoms with van der Waals surface area (Å²) in [5.41, 5.74) is -5.45. The molecule has 1 aliphatic rings. The van der Waals surface area contributed by atoms with Gasteiger partial charge in [-0.25, -0.2) is 4.98 Å². The summed E-state index contributed by atoms with van der Waals surface area (Å²) in [6.07, 6.45) is 2.56. The fourth-order valence-electron chi connectivity index (χ4n) is 4.02. The molecule has 12 heteroatoms. The van der Waals surface area contributed by atoms with Crippen molar-refractivity contribution in [3.8, 4) is 5.88 Å². The molecule has 5 rings (SSSR count). The highest BCUT2D eigenvalue weighted by molar-refractivity contribution is 7.88. The standard InChI is InChI=1S/C25H16F3N3O5S/c26-25(27,28)37(34,35)36-22-18(10-6-13-29-22)20-21(30-14-12-17-9-4-5-11-19(17)30)24(33)31(23(20)32)15-16-7-2-1-3-8-16/h1-14H,15H2. The Kier molecular flexibility index (Phi) is 5.83. The van der Waals surface area contributed by atoms with E-state index in [9.17, 15) is 31.2 Å². The minimum Gasteiger partial charge on any atom is -0.355 e. The summed E-state index contributed by atoms with van der Waals surface area (Å²) in [7, 11) is -6.10. The molecule has 0 N–H and O–H groups in total. The minimum atomic E-state index is -6.10. The van der Waals surface area contributed by atoms with Gasteiger partial charge in [0.05, 0.1) is 23.2 Å². The first-order valence-electron chi connectivity index (χ1n) is 10.8. The first kappa shape index (κ1) is 24.3. The van der Waals surface area contributed by atoms with Crippen molar-refractivity contribution in [3.63, 3.8) is 0 Å². The third-order valence-corrected chi connectivity index (χ3v) is 6.62. The fourth-order valence-corrected chi connectivity index (χ4v) is 4.45. The van der Waals surface area contributed by atoms with Gasteiger partial charge in [-0.3, -0.25) is 14.5 Å². The van der Waals surface area contributed by atoms with Crippen LogP contribution in [0.2, 0.25) is 0 Å². The number of fused-ring (bicyclic) bond motifs is 1. The maximum Gasteiger partial charge on any atom is 0.534 e. The number of benzene rings is 2. The lowest BCUT2D eigenvalue weighted by Gasteiger charge is -2.16. The molecule has 2 amide bonds. The van der Waals surface area contributed by atoms with Crippen molar-refractivity contribution >= 4 is 44.1 Å². The van der Waals surface area contributed by atoms with Crippen molar-refractivity contribution in [1.29, 1.82) is 0 Å². The predicted molar refractivity (Wildman–Crippen MR) is 127 cm³/mol. The van der Waals surface area contributed by atoms with Gasteiger partial charge >= 0.3 is 15.6 Å². The smallest absolute Gasteiger partial charge is 0.355 e. The summed E-state index contributed by atoms with van der Waals surface area (Å²) in [6, 6.07) is 19.8. The molecule has 0 aliphatic carbocycles. The van der Waals surface area contributed by atoms with E-state index in [0.29, 0.717) is 11.1 Å². The molecule has 8 nitrogen and oxygen atoms in total. The number of hydrogen-bond acceptors (Lipinski definition) is 6. The van der Waals surface area contributed by atoms with Crippen molar-refractivity contribution in [2.45, 2.75) is 12.1 Å². The van der Waals surface area contributed by atoms with E-state index < -0.39 is 33.3 Å². The summed E-state index contributed by atoms with van der Waals surface area (Å²) in [6.45, 7) is -0.123. The Labute approximate surface area is 208 Å². The van der Waals surface area contributed by atoms with Gasteiger partial charge in [0.2, 0.25) is 5.88 Å². The third kappa shape index (κ3) is 4.25. The molecule has 0 spiro atoms. The SMILES string of the molecule is O=C1C(c2cccnc2OS(=O)(=O)C(F)(F)F)=C(n2ccc3ccccc32)C(=O)N1Cc1ccccc1. The van der Waals surface area contributed by atoms with Gasteiger partial charge in [-0.15, -0.1) is 0 Å². The second kappa shape index (κ2) is 8.89. The highest BCUT2D eigenvalue weighted by Gasteiger charge is 2.50. The van der Waals surface area contributed by atoms with E-state index in [2.05, 4.69) is 9.17 Å². The van der Waals surface area contributed by atoms with Crippen LogP contribution in [-0.4, -0.2) is 40.2 Å². The van der Waals surface area contributed by atoms with E-state index in [0.717, 1.165) is 16.5 Å². The van der Waals surface area contributed by atoms with Crippen LogP contribution >= 0.6 is 0 Å².